The highest BCUT2D eigenvalue weighted by atomic mass is 32.1. The van der Waals surface area contributed by atoms with Gasteiger partial charge in [0.15, 0.2) is 0 Å². The molecule has 0 saturated carbocycles. The SMILES string of the molecule is CC(C)n1cnc2c(-c3cccnc3)nc(C3CCN(Cc4ccsc4)CC3)cc21. The molecule has 1 aliphatic heterocycles. The molecule has 4 aromatic heterocycles. The van der Waals surface area contributed by atoms with Crippen molar-refractivity contribution in [3.8, 4) is 11.3 Å². The van der Waals surface area contributed by atoms with E-state index in [-0.39, 0.29) is 0 Å². The molecule has 4 aromatic rings. The Bertz CT molecular complexity index is 1110. The Morgan fingerprint density at radius 1 is 1.20 bits per heavy atom. The van der Waals surface area contributed by atoms with Crippen LogP contribution in [0.2, 0.25) is 0 Å². The molecule has 0 aliphatic carbocycles. The number of thiophene rings is 1. The van der Waals surface area contributed by atoms with Crippen molar-refractivity contribution in [3.63, 3.8) is 0 Å². The third-order valence-corrected chi connectivity index (χ3v) is 6.80. The van der Waals surface area contributed by atoms with Crippen LogP contribution in [0.3, 0.4) is 0 Å². The van der Waals surface area contributed by atoms with Gasteiger partial charge in [-0.05, 0) is 80.4 Å². The Balaban J connectivity index is 1.46. The van der Waals surface area contributed by atoms with Crippen molar-refractivity contribution >= 4 is 22.4 Å². The van der Waals surface area contributed by atoms with Crippen molar-refractivity contribution in [2.24, 2.45) is 0 Å². The molecule has 1 aliphatic rings. The summed E-state index contributed by atoms with van der Waals surface area (Å²) in [6.45, 7) is 7.70. The van der Waals surface area contributed by atoms with Crippen molar-refractivity contribution in [2.75, 3.05) is 13.1 Å². The van der Waals surface area contributed by atoms with E-state index in [1.165, 1.54) is 16.8 Å². The number of rotatable bonds is 5. The van der Waals surface area contributed by atoms with Crippen molar-refractivity contribution < 1.29 is 0 Å². The van der Waals surface area contributed by atoms with E-state index in [2.05, 4.69) is 57.3 Å². The van der Waals surface area contributed by atoms with E-state index < -0.39 is 0 Å². The van der Waals surface area contributed by atoms with Gasteiger partial charge in [0.25, 0.3) is 0 Å². The average molecular weight is 418 g/mol. The van der Waals surface area contributed by atoms with Gasteiger partial charge in [-0.15, -0.1) is 0 Å². The van der Waals surface area contributed by atoms with Crippen molar-refractivity contribution in [1.82, 2.24) is 24.4 Å². The van der Waals surface area contributed by atoms with E-state index in [4.69, 9.17) is 9.97 Å². The van der Waals surface area contributed by atoms with E-state index in [9.17, 15) is 0 Å². The molecule has 0 atom stereocenters. The van der Waals surface area contributed by atoms with Gasteiger partial charge in [-0.3, -0.25) is 14.9 Å². The molecule has 0 unspecified atom stereocenters. The number of fused-ring (bicyclic) bond motifs is 1. The molecule has 5 rings (SSSR count). The molecule has 5 nitrogen and oxygen atoms in total. The summed E-state index contributed by atoms with van der Waals surface area (Å²) in [6.07, 6.45) is 7.93. The topological polar surface area (TPSA) is 46.8 Å². The third-order valence-electron chi connectivity index (χ3n) is 6.07. The maximum absolute atomic E-state index is 5.14. The van der Waals surface area contributed by atoms with Gasteiger partial charge in [-0.2, -0.15) is 11.3 Å². The van der Waals surface area contributed by atoms with Crippen LogP contribution in [0, 0.1) is 0 Å². The van der Waals surface area contributed by atoms with Crippen LogP contribution in [0.25, 0.3) is 22.3 Å². The largest absolute Gasteiger partial charge is 0.328 e. The average Bonchev–Trinajstić information content (AvgIpc) is 3.44. The molecule has 6 heteroatoms. The summed E-state index contributed by atoms with van der Waals surface area (Å²) in [5, 5.41) is 4.42. The molecule has 0 amide bonds. The summed E-state index contributed by atoms with van der Waals surface area (Å²) < 4.78 is 2.26. The predicted octanol–water partition coefficient (Wildman–Crippen LogP) is 5.52. The molecule has 1 fully saturated rings. The molecule has 0 radical (unpaired) electrons. The van der Waals surface area contributed by atoms with Crippen molar-refractivity contribution in [3.05, 3.63) is 65.0 Å². The number of aromatic nitrogens is 4. The van der Waals surface area contributed by atoms with Crippen LogP contribution in [-0.2, 0) is 6.54 Å². The van der Waals surface area contributed by atoms with E-state index >= 15 is 0 Å². The fraction of sp³-hybridized carbons (Fsp3) is 0.375. The Kier molecular flexibility index (Phi) is 5.35. The van der Waals surface area contributed by atoms with Crippen molar-refractivity contribution in [1.29, 1.82) is 0 Å². The number of hydrogen-bond acceptors (Lipinski definition) is 5. The van der Waals surface area contributed by atoms with Crippen molar-refractivity contribution in [2.45, 2.75) is 45.2 Å². The molecule has 0 N–H and O–H groups in total. The zero-order valence-corrected chi connectivity index (χ0v) is 18.3. The molecule has 0 aromatic carbocycles. The van der Waals surface area contributed by atoms with Gasteiger partial charge in [-0.1, -0.05) is 0 Å². The van der Waals surface area contributed by atoms with Gasteiger partial charge in [0.1, 0.15) is 5.52 Å². The highest BCUT2D eigenvalue weighted by molar-refractivity contribution is 7.07. The summed E-state index contributed by atoms with van der Waals surface area (Å²) in [5.41, 5.74) is 6.76. The number of nitrogens with zero attached hydrogens (tertiary/aromatic N) is 5. The zero-order valence-electron chi connectivity index (χ0n) is 17.5. The van der Waals surface area contributed by atoms with E-state index in [0.29, 0.717) is 12.0 Å². The minimum absolute atomic E-state index is 0.361. The third kappa shape index (κ3) is 3.77. The second-order valence-corrected chi connectivity index (χ2v) is 9.21. The monoisotopic (exact) mass is 417 g/mol. The second-order valence-electron chi connectivity index (χ2n) is 8.43. The molecule has 154 valence electrons. The fourth-order valence-electron chi connectivity index (χ4n) is 4.40. The van der Waals surface area contributed by atoms with Gasteiger partial charge < -0.3 is 4.57 Å². The lowest BCUT2D eigenvalue weighted by atomic mass is 9.92. The van der Waals surface area contributed by atoms with Crippen LogP contribution in [0.1, 0.15) is 49.9 Å². The first-order chi connectivity index (χ1) is 14.7. The molecule has 30 heavy (non-hydrogen) atoms. The Morgan fingerprint density at radius 2 is 2.07 bits per heavy atom. The smallest absolute Gasteiger partial charge is 0.115 e. The van der Waals surface area contributed by atoms with E-state index in [1.807, 2.05) is 18.6 Å². The standard InChI is InChI=1S/C24H27N5S/c1-17(2)29-16-26-24-22(29)12-21(27-23(24)20-4-3-8-25-13-20)19-5-9-28(10-6-19)14-18-7-11-30-15-18/h3-4,7-8,11-13,15-17,19H,5-6,9-10,14H2,1-2H3. The molecule has 1 saturated heterocycles. The summed E-state index contributed by atoms with van der Waals surface area (Å²) in [4.78, 5) is 16.7. The number of imidazole rings is 1. The van der Waals surface area contributed by atoms with Crippen LogP contribution in [0.4, 0.5) is 0 Å². The zero-order chi connectivity index (χ0) is 20.5. The molecular weight excluding hydrogens is 390 g/mol. The Morgan fingerprint density at radius 3 is 2.77 bits per heavy atom. The summed E-state index contributed by atoms with van der Waals surface area (Å²) in [7, 11) is 0. The molecule has 0 spiro atoms. The van der Waals surface area contributed by atoms with Crippen LogP contribution < -0.4 is 0 Å². The van der Waals surface area contributed by atoms with Gasteiger partial charge in [0.05, 0.1) is 17.5 Å². The number of piperidine rings is 1. The molecule has 5 heterocycles. The van der Waals surface area contributed by atoms with Gasteiger partial charge >= 0.3 is 0 Å². The minimum Gasteiger partial charge on any atom is -0.328 e. The van der Waals surface area contributed by atoms with E-state index in [0.717, 1.165) is 49.2 Å². The number of hydrogen-bond donors (Lipinski definition) is 0. The van der Waals surface area contributed by atoms with Crippen LogP contribution in [0.5, 0.6) is 0 Å². The number of likely N-dealkylation sites (tertiary alicyclic amines) is 1. The quantitative estimate of drug-likeness (QED) is 0.429. The number of pyridine rings is 2. The minimum atomic E-state index is 0.361. The molecular formula is C24H27N5S. The lowest BCUT2D eigenvalue weighted by Gasteiger charge is -2.31. The summed E-state index contributed by atoms with van der Waals surface area (Å²) in [6, 6.07) is 8.93. The second kappa shape index (κ2) is 8.28. The lowest BCUT2D eigenvalue weighted by molar-refractivity contribution is 0.203. The lowest BCUT2D eigenvalue weighted by Crippen LogP contribution is -2.32. The van der Waals surface area contributed by atoms with Crippen LogP contribution >= 0.6 is 11.3 Å². The first kappa shape index (κ1) is 19.4. The van der Waals surface area contributed by atoms with E-state index in [1.54, 1.807) is 17.5 Å². The summed E-state index contributed by atoms with van der Waals surface area (Å²) in [5.74, 6) is 0.485. The highest BCUT2D eigenvalue weighted by Gasteiger charge is 2.24. The summed E-state index contributed by atoms with van der Waals surface area (Å²) >= 11 is 1.78. The predicted molar refractivity (Wildman–Crippen MR) is 123 cm³/mol. The first-order valence-electron chi connectivity index (χ1n) is 10.7. The highest BCUT2D eigenvalue weighted by Crippen LogP contribution is 2.34. The van der Waals surface area contributed by atoms with Gasteiger partial charge in [0, 0.05) is 42.2 Å². The molecule has 0 bridgehead atoms. The maximum Gasteiger partial charge on any atom is 0.115 e. The van der Waals surface area contributed by atoms with Crippen LogP contribution in [0.15, 0.2) is 53.7 Å². The Hall–Kier alpha value is -2.57. The van der Waals surface area contributed by atoms with Crippen LogP contribution in [-0.4, -0.2) is 37.5 Å². The normalized spacial score (nSPS) is 16.0. The fourth-order valence-corrected chi connectivity index (χ4v) is 5.06. The first-order valence-corrected chi connectivity index (χ1v) is 11.6. The maximum atomic E-state index is 5.14. The Labute approximate surface area is 181 Å². The van der Waals surface area contributed by atoms with Gasteiger partial charge in [-0.25, -0.2) is 4.98 Å². The van der Waals surface area contributed by atoms with Gasteiger partial charge in [0.2, 0.25) is 0 Å².